The second kappa shape index (κ2) is 6.21. The van der Waals surface area contributed by atoms with Crippen LogP contribution in [0.2, 0.25) is 0 Å². The van der Waals surface area contributed by atoms with Crippen molar-refractivity contribution in [2.45, 2.75) is 45.6 Å². The van der Waals surface area contributed by atoms with Crippen LogP contribution in [-0.4, -0.2) is 28.6 Å². The first-order valence-corrected chi connectivity index (χ1v) is 9.26. The number of likely N-dealkylation sites (tertiary alicyclic amines) is 1. The summed E-state index contributed by atoms with van der Waals surface area (Å²) in [5.41, 5.74) is 5.74. The van der Waals surface area contributed by atoms with E-state index < -0.39 is 0 Å². The summed E-state index contributed by atoms with van der Waals surface area (Å²) in [5, 5.41) is 0. The van der Waals surface area contributed by atoms with E-state index in [0.717, 1.165) is 24.5 Å². The van der Waals surface area contributed by atoms with Crippen molar-refractivity contribution in [2.24, 2.45) is 0 Å². The van der Waals surface area contributed by atoms with Crippen molar-refractivity contribution < 1.29 is 4.74 Å². The minimum atomic E-state index is -0.269. The highest BCUT2D eigenvalue weighted by Crippen LogP contribution is 2.40. The van der Waals surface area contributed by atoms with Crippen molar-refractivity contribution in [3.8, 4) is 16.9 Å². The Balaban J connectivity index is 1.79. The van der Waals surface area contributed by atoms with Gasteiger partial charge in [0.25, 0.3) is 0 Å². The lowest BCUT2D eigenvalue weighted by molar-refractivity contribution is 0.153. The summed E-state index contributed by atoms with van der Waals surface area (Å²) in [6.45, 7) is 8.59. The molecule has 0 saturated carbocycles. The van der Waals surface area contributed by atoms with E-state index in [9.17, 15) is 0 Å². The lowest BCUT2D eigenvalue weighted by Crippen LogP contribution is -2.35. The molecule has 130 valence electrons. The van der Waals surface area contributed by atoms with E-state index in [1.54, 1.807) is 0 Å². The van der Waals surface area contributed by atoms with Crippen LogP contribution in [-0.2, 0) is 0 Å². The van der Waals surface area contributed by atoms with Gasteiger partial charge in [-0.05, 0) is 81.5 Å². The minimum Gasteiger partial charge on any atom is -0.483 e. The fourth-order valence-corrected chi connectivity index (χ4v) is 3.84. The van der Waals surface area contributed by atoms with E-state index in [1.165, 1.54) is 41.6 Å². The normalized spacial score (nSPS) is 19.0. The summed E-state index contributed by atoms with van der Waals surface area (Å²) in [6.07, 6.45) is 8.06. The largest absolute Gasteiger partial charge is 0.483 e. The summed E-state index contributed by atoms with van der Waals surface area (Å²) in [4.78, 5) is 6.85. The Kier molecular flexibility index (Phi) is 4.03. The Labute approximate surface area is 150 Å². The molecule has 25 heavy (non-hydrogen) atoms. The van der Waals surface area contributed by atoms with Gasteiger partial charge in [-0.15, -0.1) is 0 Å². The smallest absolute Gasteiger partial charge is 0.129 e. The van der Waals surface area contributed by atoms with E-state index in [-0.39, 0.29) is 5.60 Å². The zero-order valence-electron chi connectivity index (χ0n) is 15.4. The molecule has 0 aliphatic carbocycles. The molecule has 4 rings (SSSR count). The highest BCUT2D eigenvalue weighted by atomic mass is 16.5. The summed E-state index contributed by atoms with van der Waals surface area (Å²) in [7, 11) is 0. The van der Waals surface area contributed by atoms with Crippen LogP contribution in [0.3, 0.4) is 0 Å². The molecule has 3 heteroatoms. The molecule has 0 amide bonds. The lowest BCUT2D eigenvalue weighted by Gasteiger charge is -2.38. The second-order valence-corrected chi connectivity index (χ2v) is 7.68. The van der Waals surface area contributed by atoms with Gasteiger partial charge in [-0.2, -0.15) is 0 Å². The summed E-state index contributed by atoms with van der Waals surface area (Å²) in [5.74, 6) is 0.989. The molecular weight excluding hydrogens is 308 g/mol. The number of aryl methyl sites for hydroxylation is 1. The number of nitrogens with zero attached hydrogens (tertiary/aromatic N) is 2. The Morgan fingerprint density at radius 2 is 1.76 bits per heavy atom. The topological polar surface area (TPSA) is 25.4 Å². The number of aromatic nitrogens is 1. The number of fused-ring (bicyclic) bond motifs is 1. The highest BCUT2D eigenvalue weighted by molar-refractivity contribution is 5.77. The molecule has 0 unspecified atom stereocenters. The molecule has 1 aromatic heterocycles. The number of hydrogen-bond donors (Lipinski definition) is 0. The predicted molar refractivity (Wildman–Crippen MR) is 103 cm³/mol. The molecule has 0 atom stereocenters. The van der Waals surface area contributed by atoms with Gasteiger partial charge < -0.3 is 9.64 Å². The monoisotopic (exact) mass is 334 g/mol. The maximum absolute atomic E-state index is 6.24. The molecule has 3 nitrogen and oxygen atoms in total. The number of pyridine rings is 1. The molecule has 0 spiro atoms. The van der Waals surface area contributed by atoms with Crippen LogP contribution in [0.4, 0.5) is 0 Å². The van der Waals surface area contributed by atoms with Crippen LogP contribution in [0, 0.1) is 6.92 Å². The molecule has 2 aliphatic rings. The van der Waals surface area contributed by atoms with Gasteiger partial charge in [-0.25, -0.2) is 0 Å². The second-order valence-electron chi connectivity index (χ2n) is 7.68. The number of ether oxygens (including phenoxy) is 1. The number of piperidine rings is 1. The molecule has 3 heterocycles. The predicted octanol–water partition coefficient (Wildman–Crippen LogP) is 5.05. The standard InChI is InChI=1S/C22H26N2O/c1-16-13-18(9-10-23-16)17-7-8-21-19(14-17)20(15-22(2,3)25-21)24-11-5-4-6-12-24/h7-10,13-15H,4-6,11-12H2,1-3H3. The Morgan fingerprint density at radius 3 is 2.52 bits per heavy atom. The minimum absolute atomic E-state index is 0.269. The van der Waals surface area contributed by atoms with Crippen molar-refractivity contribution in [3.05, 3.63) is 53.9 Å². The van der Waals surface area contributed by atoms with E-state index in [1.807, 2.05) is 13.1 Å². The van der Waals surface area contributed by atoms with Crippen molar-refractivity contribution in [2.75, 3.05) is 13.1 Å². The molecule has 1 saturated heterocycles. The van der Waals surface area contributed by atoms with E-state index in [0.29, 0.717) is 0 Å². The first kappa shape index (κ1) is 16.2. The fraction of sp³-hybridized carbons (Fsp3) is 0.409. The molecule has 0 bridgehead atoms. The zero-order valence-corrected chi connectivity index (χ0v) is 15.4. The van der Waals surface area contributed by atoms with Crippen molar-refractivity contribution in [3.63, 3.8) is 0 Å². The van der Waals surface area contributed by atoms with E-state index in [2.05, 4.69) is 60.1 Å². The SMILES string of the molecule is Cc1cc(-c2ccc3c(c2)C(N2CCCCC2)=CC(C)(C)O3)ccn1. The molecule has 2 aliphatic heterocycles. The van der Waals surface area contributed by atoms with Crippen molar-refractivity contribution in [1.29, 1.82) is 0 Å². The van der Waals surface area contributed by atoms with E-state index in [4.69, 9.17) is 4.74 Å². The van der Waals surface area contributed by atoms with Crippen LogP contribution in [0.15, 0.2) is 42.6 Å². The van der Waals surface area contributed by atoms with Crippen LogP contribution >= 0.6 is 0 Å². The molecule has 0 N–H and O–H groups in total. The average molecular weight is 334 g/mol. The van der Waals surface area contributed by atoms with Gasteiger partial charge in [0.2, 0.25) is 0 Å². The average Bonchev–Trinajstić information content (AvgIpc) is 2.61. The molecule has 1 aromatic carbocycles. The third-order valence-corrected chi connectivity index (χ3v) is 5.04. The molecule has 0 radical (unpaired) electrons. The zero-order chi connectivity index (χ0) is 17.4. The number of hydrogen-bond acceptors (Lipinski definition) is 3. The maximum atomic E-state index is 6.24. The van der Waals surface area contributed by atoms with Crippen LogP contribution in [0.1, 0.15) is 44.4 Å². The van der Waals surface area contributed by atoms with Gasteiger partial charge in [0.1, 0.15) is 11.4 Å². The first-order valence-electron chi connectivity index (χ1n) is 9.26. The van der Waals surface area contributed by atoms with Gasteiger partial charge in [-0.1, -0.05) is 6.07 Å². The maximum Gasteiger partial charge on any atom is 0.129 e. The molecule has 2 aromatic rings. The Morgan fingerprint density at radius 1 is 1.00 bits per heavy atom. The van der Waals surface area contributed by atoms with Gasteiger partial charge in [0, 0.05) is 36.2 Å². The molecular formula is C22H26N2O. The fourth-order valence-electron chi connectivity index (χ4n) is 3.84. The van der Waals surface area contributed by atoms with Crippen LogP contribution < -0.4 is 4.74 Å². The summed E-state index contributed by atoms with van der Waals surface area (Å²) < 4.78 is 6.24. The van der Waals surface area contributed by atoms with Gasteiger partial charge in [-0.3, -0.25) is 4.98 Å². The van der Waals surface area contributed by atoms with Crippen LogP contribution in [0.5, 0.6) is 5.75 Å². The lowest BCUT2D eigenvalue weighted by atomic mass is 9.94. The van der Waals surface area contributed by atoms with E-state index >= 15 is 0 Å². The number of benzene rings is 1. The summed E-state index contributed by atoms with van der Waals surface area (Å²) in [6, 6.07) is 10.8. The molecule has 1 fully saturated rings. The van der Waals surface area contributed by atoms with Crippen molar-refractivity contribution >= 4 is 5.70 Å². The Hall–Kier alpha value is -2.29. The third kappa shape index (κ3) is 3.28. The van der Waals surface area contributed by atoms with Gasteiger partial charge in [0.05, 0.1) is 0 Å². The third-order valence-electron chi connectivity index (χ3n) is 5.04. The number of rotatable bonds is 2. The van der Waals surface area contributed by atoms with Crippen molar-refractivity contribution in [1.82, 2.24) is 9.88 Å². The Bertz CT molecular complexity index is 817. The first-order chi connectivity index (χ1) is 12.0. The van der Waals surface area contributed by atoms with Crippen LogP contribution in [0.25, 0.3) is 16.8 Å². The van der Waals surface area contributed by atoms with Gasteiger partial charge in [0.15, 0.2) is 0 Å². The van der Waals surface area contributed by atoms with Gasteiger partial charge >= 0.3 is 0 Å². The highest BCUT2D eigenvalue weighted by Gasteiger charge is 2.30. The quantitative estimate of drug-likeness (QED) is 0.768. The summed E-state index contributed by atoms with van der Waals surface area (Å²) >= 11 is 0.